The average Bonchev–Trinajstić information content (AvgIpc) is 2.39. The Hall–Kier alpha value is -1.94. The SMILES string of the molecule is O=C(O)c1cccc(S(=O)c2ccccc2)c1. The zero-order valence-electron chi connectivity index (χ0n) is 8.87. The highest BCUT2D eigenvalue weighted by atomic mass is 32.2. The van der Waals surface area contributed by atoms with E-state index in [1.165, 1.54) is 12.1 Å². The van der Waals surface area contributed by atoms with Crippen LogP contribution in [-0.2, 0) is 10.8 Å². The molecule has 4 heteroatoms. The number of carbonyl (C=O) groups is 1. The molecule has 0 aliphatic carbocycles. The Labute approximate surface area is 101 Å². The van der Waals surface area contributed by atoms with Crippen LogP contribution in [0.25, 0.3) is 0 Å². The van der Waals surface area contributed by atoms with Gasteiger partial charge in [-0.1, -0.05) is 24.3 Å². The second-order valence-corrected chi connectivity index (χ2v) is 4.90. The van der Waals surface area contributed by atoms with E-state index in [1.54, 1.807) is 36.4 Å². The highest BCUT2D eigenvalue weighted by molar-refractivity contribution is 7.85. The zero-order chi connectivity index (χ0) is 12.3. The highest BCUT2D eigenvalue weighted by Gasteiger charge is 2.09. The van der Waals surface area contributed by atoms with Crippen molar-refractivity contribution in [1.29, 1.82) is 0 Å². The van der Waals surface area contributed by atoms with Crippen LogP contribution in [0.15, 0.2) is 64.4 Å². The van der Waals surface area contributed by atoms with E-state index in [9.17, 15) is 9.00 Å². The Bertz CT molecular complexity index is 564. The fourth-order valence-corrected chi connectivity index (χ4v) is 2.54. The Balaban J connectivity index is 2.38. The Kier molecular flexibility index (Phi) is 3.35. The molecule has 86 valence electrons. The molecule has 0 heterocycles. The number of rotatable bonds is 3. The number of aromatic carboxylic acids is 1. The fraction of sp³-hybridized carbons (Fsp3) is 0. The van der Waals surface area contributed by atoms with Crippen LogP contribution in [0.5, 0.6) is 0 Å². The molecule has 0 amide bonds. The number of benzene rings is 2. The van der Waals surface area contributed by atoms with Gasteiger partial charge in [-0.25, -0.2) is 9.00 Å². The molecule has 0 aromatic heterocycles. The average molecular weight is 246 g/mol. The predicted octanol–water partition coefficient (Wildman–Crippen LogP) is 2.55. The summed E-state index contributed by atoms with van der Waals surface area (Å²) in [7, 11) is -1.34. The van der Waals surface area contributed by atoms with E-state index in [-0.39, 0.29) is 5.56 Å². The summed E-state index contributed by atoms with van der Waals surface area (Å²) in [5.41, 5.74) is 0.145. The largest absolute Gasteiger partial charge is 0.478 e. The molecular formula is C13H10O3S. The highest BCUT2D eigenvalue weighted by Crippen LogP contribution is 2.17. The lowest BCUT2D eigenvalue weighted by molar-refractivity contribution is 0.0696. The van der Waals surface area contributed by atoms with Gasteiger partial charge in [0.15, 0.2) is 0 Å². The van der Waals surface area contributed by atoms with Crippen molar-refractivity contribution >= 4 is 16.8 Å². The summed E-state index contributed by atoms with van der Waals surface area (Å²) >= 11 is 0. The van der Waals surface area contributed by atoms with Gasteiger partial charge in [0.2, 0.25) is 0 Å². The van der Waals surface area contributed by atoms with E-state index in [1.807, 2.05) is 6.07 Å². The molecule has 0 aliphatic heterocycles. The molecular weight excluding hydrogens is 236 g/mol. The molecule has 2 aromatic rings. The monoisotopic (exact) mass is 246 g/mol. The minimum atomic E-state index is -1.34. The lowest BCUT2D eigenvalue weighted by Gasteiger charge is -2.03. The number of carboxylic acids is 1. The Morgan fingerprint density at radius 1 is 0.941 bits per heavy atom. The first kappa shape index (κ1) is 11.5. The van der Waals surface area contributed by atoms with Crippen molar-refractivity contribution in [2.75, 3.05) is 0 Å². The van der Waals surface area contributed by atoms with Crippen molar-refractivity contribution in [2.45, 2.75) is 9.79 Å². The van der Waals surface area contributed by atoms with E-state index < -0.39 is 16.8 Å². The van der Waals surface area contributed by atoms with Gasteiger partial charge < -0.3 is 5.11 Å². The van der Waals surface area contributed by atoms with Crippen molar-refractivity contribution in [3.63, 3.8) is 0 Å². The second-order valence-electron chi connectivity index (χ2n) is 3.41. The molecule has 0 fully saturated rings. The molecule has 2 rings (SSSR count). The van der Waals surface area contributed by atoms with Gasteiger partial charge in [-0.05, 0) is 30.3 Å². The van der Waals surface area contributed by atoms with Crippen molar-refractivity contribution in [2.24, 2.45) is 0 Å². The van der Waals surface area contributed by atoms with Crippen LogP contribution in [-0.4, -0.2) is 15.3 Å². The third-order valence-electron chi connectivity index (χ3n) is 2.25. The van der Waals surface area contributed by atoms with E-state index in [0.717, 1.165) is 0 Å². The molecule has 3 nitrogen and oxygen atoms in total. The van der Waals surface area contributed by atoms with E-state index in [0.29, 0.717) is 9.79 Å². The van der Waals surface area contributed by atoms with Crippen LogP contribution in [0.4, 0.5) is 0 Å². The summed E-state index contributed by atoms with van der Waals surface area (Å²) in [6.45, 7) is 0. The summed E-state index contributed by atoms with van der Waals surface area (Å²) in [6.07, 6.45) is 0. The van der Waals surface area contributed by atoms with E-state index >= 15 is 0 Å². The summed E-state index contributed by atoms with van der Waals surface area (Å²) in [5, 5.41) is 8.86. The summed E-state index contributed by atoms with van der Waals surface area (Å²) in [4.78, 5) is 12.0. The van der Waals surface area contributed by atoms with Crippen molar-refractivity contribution in [3.05, 3.63) is 60.2 Å². The molecule has 2 aromatic carbocycles. The minimum Gasteiger partial charge on any atom is -0.478 e. The van der Waals surface area contributed by atoms with Gasteiger partial charge in [-0.15, -0.1) is 0 Å². The molecule has 1 atom stereocenters. The number of hydrogen-bond donors (Lipinski definition) is 1. The van der Waals surface area contributed by atoms with Gasteiger partial charge in [-0.3, -0.25) is 0 Å². The number of hydrogen-bond acceptors (Lipinski definition) is 2. The third-order valence-corrected chi connectivity index (χ3v) is 3.63. The van der Waals surface area contributed by atoms with Crippen LogP contribution in [0, 0.1) is 0 Å². The van der Waals surface area contributed by atoms with Gasteiger partial charge in [0.25, 0.3) is 0 Å². The molecule has 0 saturated carbocycles. The molecule has 0 aliphatic rings. The normalized spacial score (nSPS) is 12.0. The Morgan fingerprint density at radius 3 is 2.24 bits per heavy atom. The van der Waals surface area contributed by atoms with Crippen molar-refractivity contribution in [1.82, 2.24) is 0 Å². The number of carboxylic acid groups (broad SMARTS) is 1. The summed E-state index contributed by atoms with van der Waals surface area (Å²) in [5.74, 6) is -1.02. The minimum absolute atomic E-state index is 0.145. The van der Waals surface area contributed by atoms with Crippen LogP contribution < -0.4 is 0 Å². The molecule has 1 N–H and O–H groups in total. The predicted molar refractivity (Wildman–Crippen MR) is 64.5 cm³/mol. The van der Waals surface area contributed by atoms with Crippen LogP contribution in [0.1, 0.15) is 10.4 Å². The van der Waals surface area contributed by atoms with Crippen LogP contribution in [0.3, 0.4) is 0 Å². The molecule has 0 saturated heterocycles. The van der Waals surface area contributed by atoms with Gasteiger partial charge in [-0.2, -0.15) is 0 Å². The van der Waals surface area contributed by atoms with Gasteiger partial charge in [0.05, 0.1) is 16.4 Å². The molecule has 0 bridgehead atoms. The first-order valence-corrected chi connectivity index (χ1v) is 6.13. The maximum atomic E-state index is 12.1. The maximum absolute atomic E-state index is 12.1. The molecule has 0 spiro atoms. The summed E-state index contributed by atoms with van der Waals surface area (Å²) in [6, 6.07) is 15.1. The van der Waals surface area contributed by atoms with E-state index in [4.69, 9.17) is 5.11 Å². The quantitative estimate of drug-likeness (QED) is 0.905. The molecule has 17 heavy (non-hydrogen) atoms. The van der Waals surface area contributed by atoms with Gasteiger partial charge in [0.1, 0.15) is 0 Å². The van der Waals surface area contributed by atoms with Crippen LogP contribution >= 0.6 is 0 Å². The van der Waals surface area contributed by atoms with Crippen LogP contribution in [0.2, 0.25) is 0 Å². The van der Waals surface area contributed by atoms with E-state index in [2.05, 4.69) is 0 Å². The van der Waals surface area contributed by atoms with Crippen molar-refractivity contribution in [3.8, 4) is 0 Å². The first-order chi connectivity index (χ1) is 8.18. The first-order valence-electron chi connectivity index (χ1n) is 4.98. The lowest BCUT2D eigenvalue weighted by atomic mass is 10.2. The standard InChI is InChI=1S/C13H10O3S/c14-13(15)10-5-4-8-12(9-10)17(16)11-6-2-1-3-7-11/h1-9H,(H,14,15). The molecule has 0 radical (unpaired) electrons. The maximum Gasteiger partial charge on any atom is 0.335 e. The van der Waals surface area contributed by atoms with Crippen molar-refractivity contribution < 1.29 is 14.1 Å². The third kappa shape index (κ3) is 2.60. The summed E-state index contributed by atoms with van der Waals surface area (Å²) < 4.78 is 12.1. The molecule has 1 unspecified atom stereocenters. The van der Waals surface area contributed by atoms with Gasteiger partial charge in [0, 0.05) is 9.79 Å². The smallest absolute Gasteiger partial charge is 0.335 e. The van der Waals surface area contributed by atoms with Gasteiger partial charge >= 0.3 is 5.97 Å². The fourth-order valence-electron chi connectivity index (χ4n) is 1.42. The zero-order valence-corrected chi connectivity index (χ0v) is 9.68. The topological polar surface area (TPSA) is 54.4 Å². The Morgan fingerprint density at radius 2 is 1.59 bits per heavy atom. The lowest BCUT2D eigenvalue weighted by Crippen LogP contribution is -1.99. The second kappa shape index (κ2) is 4.93.